The molecule has 2 amide bonds. The van der Waals surface area contributed by atoms with Gasteiger partial charge in [-0.3, -0.25) is 14.5 Å². The summed E-state index contributed by atoms with van der Waals surface area (Å²) >= 11 is 0. The van der Waals surface area contributed by atoms with Crippen molar-refractivity contribution in [2.75, 3.05) is 19.6 Å². The van der Waals surface area contributed by atoms with Crippen molar-refractivity contribution in [3.05, 3.63) is 41.5 Å². The topological polar surface area (TPSA) is 116 Å². The molecule has 9 nitrogen and oxygen atoms in total. The van der Waals surface area contributed by atoms with Crippen molar-refractivity contribution < 1.29 is 14.0 Å². The van der Waals surface area contributed by atoms with E-state index in [2.05, 4.69) is 31.3 Å². The average Bonchev–Trinajstić information content (AvgIpc) is 3.15. The van der Waals surface area contributed by atoms with Gasteiger partial charge in [-0.15, -0.1) is 10.2 Å². The van der Waals surface area contributed by atoms with Crippen molar-refractivity contribution in [3.63, 3.8) is 0 Å². The van der Waals surface area contributed by atoms with Crippen LogP contribution in [0.2, 0.25) is 0 Å². The fraction of sp³-hybridized carbons (Fsp3) is 0.471. The van der Waals surface area contributed by atoms with Gasteiger partial charge in [0.15, 0.2) is 5.82 Å². The van der Waals surface area contributed by atoms with Crippen LogP contribution in [0.1, 0.15) is 24.2 Å². The van der Waals surface area contributed by atoms with E-state index in [-0.39, 0.29) is 24.1 Å². The molecule has 0 radical (unpaired) electrons. The third kappa shape index (κ3) is 5.55. The van der Waals surface area contributed by atoms with Crippen molar-refractivity contribution in [3.8, 4) is 0 Å². The first-order chi connectivity index (χ1) is 13.1. The molecule has 1 aromatic heterocycles. The van der Waals surface area contributed by atoms with Crippen molar-refractivity contribution >= 4 is 11.8 Å². The molecule has 2 heterocycles. The maximum atomic E-state index is 13.4. The van der Waals surface area contributed by atoms with Crippen LogP contribution in [0.15, 0.2) is 24.3 Å². The third-order valence-corrected chi connectivity index (χ3v) is 4.38. The first-order valence-corrected chi connectivity index (χ1v) is 8.87. The number of nitrogens with one attached hydrogen (secondary N) is 3. The van der Waals surface area contributed by atoms with Gasteiger partial charge in [0, 0.05) is 32.6 Å². The number of piperazine rings is 1. The molecular formula is C17H22FN7O2. The van der Waals surface area contributed by atoms with Gasteiger partial charge in [0.05, 0.1) is 12.5 Å². The zero-order valence-corrected chi connectivity index (χ0v) is 14.8. The Labute approximate surface area is 155 Å². The minimum Gasteiger partial charge on any atom is -0.356 e. The van der Waals surface area contributed by atoms with E-state index in [0.29, 0.717) is 44.8 Å². The van der Waals surface area contributed by atoms with E-state index in [0.717, 1.165) is 5.56 Å². The molecule has 0 spiro atoms. The molecule has 10 heteroatoms. The molecular weight excluding hydrogens is 353 g/mol. The second kappa shape index (κ2) is 9.17. The summed E-state index contributed by atoms with van der Waals surface area (Å²) in [6.45, 7) is 2.00. The summed E-state index contributed by atoms with van der Waals surface area (Å²) in [7, 11) is 0. The van der Waals surface area contributed by atoms with Crippen LogP contribution in [0.5, 0.6) is 0 Å². The van der Waals surface area contributed by atoms with Crippen LogP contribution in [0, 0.1) is 5.82 Å². The molecule has 0 aliphatic carbocycles. The molecule has 1 aliphatic rings. The SMILES string of the molecule is O=C(C[C@H]1C(=O)NCCN1Cc1cccc(F)c1)NCCCc1nn[nH]n1. The Kier molecular flexibility index (Phi) is 6.42. The van der Waals surface area contributed by atoms with Gasteiger partial charge in [-0.2, -0.15) is 5.21 Å². The first-order valence-electron chi connectivity index (χ1n) is 8.87. The lowest BCUT2D eigenvalue weighted by Gasteiger charge is -2.34. The average molecular weight is 375 g/mol. The van der Waals surface area contributed by atoms with Gasteiger partial charge in [0.25, 0.3) is 0 Å². The zero-order chi connectivity index (χ0) is 19.1. The van der Waals surface area contributed by atoms with Crippen LogP contribution in [-0.4, -0.2) is 63.0 Å². The molecule has 1 aliphatic heterocycles. The number of halogens is 1. The largest absolute Gasteiger partial charge is 0.356 e. The number of hydrogen-bond donors (Lipinski definition) is 3. The molecule has 3 N–H and O–H groups in total. The smallest absolute Gasteiger partial charge is 0.237 e. The Morgan fingerprint density at radius 1 is 1.41 bits per heavy atom. The van der Waals surface area contributed by atoms with Gasteiger partial charge in [-0.25, -0.2) is 4.39 Å². The van der Waals surface area contributed by atoms with Crippen LogP contribution >= 0.6 is 0 Å². The lowest BCUT2D eigenvalue weighted by Crippen LogP contribution is -2.56. The highest BCUT2D eigenvalue weighted by Crippen LogP contribution is 2.14. The van der Waals surface area contributed by atoms with Gasteiger partial charge in [0.2, 0.25) is 11.8 Å². The third-order valence-electron chi connectivity index (χ3n) is 4.38. The molecule has 0 bridgehead atoms. The standard InChI is InChI=1S/C17H22FN7O2/c18-13-4-1-3-12(9-13)11-25-8-7-20-17(27)14(25)10-16(26)19-6-2-5-15-21-23-24-22-15/h1,3-4,9,14H,2,5-8,10-11H2,(H,19,26)(H,20,27)(H,21,22,23,24)/t14-/m0/s1. The quantitative estimate of drug-likeness (QED) is 0.550. The molecule has 1 fully saturated rings. The number of tetrazole rings is 1. The Hall–Kier alpha value is -2.88. The van der Waals surface area contributed by atoms with E-state index in [1.165, 1.54) is 12.1 Å². The predicted molar refractivity (Wildman–Crippen MR) is 93.7 cm³/mol. The van der Waals surface area contributed by atoms with Crippen molar-refractivity contribution in [2.24, 2.45) is 0 Å². The predicted octanol–water partition coefficient (Wildman–Crippen LogP) is -0.222. The summed E-state index contributed by atoms with van der Waals surface area (Å²) in [5.41, 5.74) is 0.773. The highest BCUT2D eigenvalue weighted by molar-refractivity contribution is 5.88. The first kappa shape index (κ1) is 18.9. The van der Waals surface area contributed by atoms with Crippen LogP contribution in [0.4, 0.5) is 4.39 Å². The Bertz CT molecular complexity index is 768. The van der Waals surface area contributed by atoms with Crippen molar-refractivity contribution in [1.29, 1.82) is 0 Å². The molecule has 144 valence electrons. The van der Waals surface area contributed by atoms with Gasteiger partial charge in [-0.05, 0) is 24.1 Å². The van der Waals surface area contributed by atoms with Crippen LogP contribution < -0.4 is 10.6 Å². The van der Waals surface area contributed by atoms with E-state index in [1.807, 2.05) is 11.0 Å². The number of nitrogens with zero attached hydrogens (tertiary/aromatic N) is 4. The maximum Gasteiger partial charge on any atom is 0.237 e. The zero-order valence-electron chi connectivity index (χ0n) is 14.8. The fourth-order valence-corrected chi connectivity index (χ4v) is 3.05. The monoisotopic (exact) mass is 375 g/mol. The number of carbonyl (C=O) groups excluding carboxylic acids is 2. The summed E-state index contributed by atoms with van der Waals surface area (Å²) in [4.78, 5) is 26.4. The molecule has 0 unspecified atom stereocenters. The number of aromatic nitrogens is 4. The van der Waals surface area contributed by atoms with Crippen LogP contribution in [0.25, 0.3) is 0 Å². The van der Waals surface area contributed by atoms with E-state index in [4.69, 9.17) is 0 Å². The van der Waals surface area contributed by atoms with Gasteiger partial charge in [0.1, 0.15) is 5.82 Å². The van der Waals surface area contributed by atoms with Gasteiger partial charge < -0.3 is 10.6 Å². The van der Waals surface area contributed by atoms with E-state index < -0.39 is 6.04 Å². The lowest BCUT2D eigenvalue weighted by molar-refractivity contribution is -0.134. The summed E-state index contributed by atoms with van der Waals surface area (Å²) in [6, 6.07) is 5.71. The molecule has 1 saturated heterocycles. The number of aryl methyl sites for hydroxylation is 1. The number of amides is 2. The number of aromatic amines is 1. The molecule has 1 atom stereocenters. The van der Waals surface area contributed by atoms with E-state index in [9.17, 15) is 14.0 Å². The minimum absolute atomic E-state index is 0.0589. The number of rotatable bonds is 8. The number of hydrogen-bond acceptors (Lipinski definition) is 6. The molecule has 3 rings (SSSR count). The Morgan fingerprint density at radius 2 is 2.30 bits per heavy atom. The van der Waals surface area contributed by atoms with Gasteiger partial charge in [-0.1, -0.05) is 17.3 Å². The highest BCUT2D eigenvalue weighted by Gasteiger charge is 2.31. The van der Waals surface area contributed by atoms with Crippen LogP contribution in [-0.2, 0) is 22.6 Å². The number of H-pyrrole nitrogens is 1. The molecule has 1 aromatic carbocycles. The molecule has 0 saturated carbocycles. The van der Waals surface area contributed by atoms with E-state index in [1.54, 1.807) is 6.07 Å². The summed E-state index contributed by atoms with van der Waals surface area (Å²) in [5.74, 6) is -0.101. The minimum atomic E-state index is -0.570. The summed E-state index contributed by atoms with van der Waals surface area (Å²) in [5, 5.41) is 19.1. The highest BCUT2D eigenvalue weighted by atomic mass is 19.1. The number of benzene rings is 1. The van der Waals surface area contributed by atoms with Crippen molar-refractivity contribution in [2.45, 2.75) is 31.8 Å². The Balaban J connectivity index is 1.50. The second-order valence-corrected chi connectivity index (χ2v) is 6.39. The van der Waals surface area contributed by atoms with Crippen molar-refractivity contribution in [1.82, 2.24) is 36.2 Å². The maximum absolute atomic E-state index is 13.4. The molecule has 27 heavy (non-hydrogen) atoms. The van der Waals surface area contributed by atoms with Gasteiger partial charge >= 0.3 is 0 Å². The fourth-order valence-electron chi connectivity index (χ4n) is 3.05. The second-order valence-electron chi connectivity index (χ2n) is 6.39. The number of carbonyl (C=O) groups is 2. The lowest BCUT2D eigenvalue weighted by atomic mass is 10.1. The summed E-state index contributed by atoms with van der Waals surface area (Å²) < 4.78 is 13.4. The molecule has 2 aromatic rings. The van der Waals surface area contributed by atoms with E-state index >= 15 is 0 Å². The van der Waals surface area contributed by atoms with Crippen LogP contribution in [0.3, 0.4) is 0 Å². The summed E-state index contributed by atoms with van der Waals surface area (Å²) in [6.07, 6.45) is 1.34. The normalized spacial score (nSPS) is 17.5. The Morgan fingerprint density at radius 3 is 3.07 bits per heavy atom.